The molecule has 0 aliphatic carbocycles. The number of halogens is 3. The Morgan fingerprint density at radius 3 is 2.50 bits per heavy atom. The minimum absolute atomic E-state index is 0.0334. The van der Waals surface area contributed by atoms with Gasteiger partial charge in [-0.25, -0.2) is 17.9 Å². The Bertz CT molecular complexity index is 1190. The lowest BCUT2D eigenvalue weighted by Gasteiger charge is -2.22. The summed E-state index contributed by atoms with van der Waals surface area (Å²) in [6.45, 7) is 1.73. The normalized spacial score (nSPS) is 18.2. The average Bonchev–Trinajstić information content (AvgIpc) is 3.33. The van der Waals surface area contributed by atoms with Crippen LogP contribution in [0, 0.1) is 6.92 Å². The third kappa shape index (κ3) is 3.52. The second kappa shape index (κ2) is 7.24. The second-order valence-electron chi connectivity index (χ2n) is 7.07. The molecule has 0 bridgehead atoms. The molecule has 3 heterocycles. The van der Waals surface area contributed by atoms with Crippen molar-refractivity contribution in [3.8, 4) is 5.75 Å². The van der Waals surface area contributed by atoms with Gasteiger partial charge in [-0.2, -0.15) is 22.6 Å². The van der Waals surface area contributed by atoms with Crippen LogP contribution in [0.1, 0.15) is 36.0 Å². The molecule has 4 rings (SSSR count). The molecule has 0 N–H and O–H groups in total. The van der Waals surface area contributed by atoms with Crippen molar-refractivity contribution in [2.45, 2.75) is 36.9 Å². The maximum Gasteiger partial charge on any atom is 0.433 e. The van der Waals surface area contributed by atoms with Crippen molar-refractivity contribution in [2.24, 2.45) is 0 Å². The van der Waals surface area contributed by atoms with Crippen LogP contribution in [0.25, 0.3) is 5.65 Å². The van der Waals surface area contributed by atoms with Gasteiger partial charge in [0.1, 0.15) is 11.4 Å². The van der Waals surface area contributed by atoms with Crippen molar-refractivity contribution in [1.82, 2.24) is 18.9 Å². The van der Waals surface area contributed by atoms with Crippen LogP contribution in [-0.4, -0.2) is 41.0 Å². The second-order valence-corrected chi connectivity index (χ2v) is 8.96. The lowest BCUT2D eigenvalue weighted by atomic mass is 10.2. The maximum atomic E-state index is 13.4. The number of aromatic nitrogens is 3. The van der Waals surface area contributed by atoms with Gasteiger partial charge in [-0.05, 0) is 50.1 Å². The Labute approximate surface area is 171 Å². The molecule has 11 heteroatoms. The standard InChI is InChI=1S/C19H19F3N4O3S/c1-12-10-17(19(20,21)22)26-18(23-12)11-15(24-26)16-4-3-9-25(16)30(27,28)14-7-5-13(29-2)6-8-14/h5-8,10-11,16H,3-4,9H2,1-2H3/t16-/m1/s1. The molecular formula is C19H19F3N4O3S. The zero-order valence-corrected chi connectivity index (χ0v) is 17.0. The molecule has 2 aromatic heterocycles. The van der Waals surface area contributed by atoms with Crippen LogP contribution in [0.4, 0.5) is 13.2 Å². The summed E-state index contributed by atoms with van der Waals surface area (Å²) >= 11 is 0. The molecule has 1 aromatic carbocycles. The van der Waals surface area contributed by atoms with E-state index in [4.69, 9.17) is 4.74 Å². The van der Waals surface area contributed by atoms with E-state index < -0.39 is 27.9 Å². The first kappa shape index (κ1) is 20.6. The number of alkyl halides is 3. The van der Waals surface area contributed by atoms with E-state index in [1.807, 2.05) is 0 Å². The van der Waals surface area contributed by atoms with Crippen molar-refractivity contribution < 1.29 is 26.3 Å². The highest BCUT2D eigenvalue weighted by atomic mass is 32.2. The van der Waals surface area contributed by atoms with Crippen LogP contribution in [0.2, 0.25) is 0 Å². The molecule has 0 spiro atoms. The minimum Gasteiger partial charge on any atom is -0.497 e. The zero-order valence-electron chi connectivity index (χ0n) is 16.2. The summed E-state index contributed by atoms with van der Waals surface area (Å²) in [5.74, 6) is 0.522. The molecule has 7 nitrogen and oxygen atoms in total. The minimum atomic E-state index is -4.61. The number of rotatable bonds is 4. The SMILES string of the molecule is COc1ccc(S(=O)(=O)N2CCC[C@@H]2c2cc3nc(C)cc(C(F)(F)F)n3n2)cc1. The first-order valence-electron chi connectivity index (χ1n) is 9.21. The summed E-state index contributed by atoms with van der Waals surface area (Å²) in [6, 6.07) is 7.66. The summed E-state index contributed by atoms with van der Waals surface area (Å²) in [5, 5.41) is 4.10. The van der Waals surface area contributed by atoms with Gasteiger partial charge in [-0.1, -0.05) is 0 Å². The number of aryl methyl sites for hydroxylation is 1. The monoisotopic (exact) mass is 440 g/mol. The van der Waals surface area contributed by atoms with Crippen molar-refractivity contribution in [2.75, 3.05) is 13.7 Å². The molecule has 1 fully saturated rings. The Morgan fingerprint density at radius 2 is 1.87 bits per heavy atom. The first-order chi connectivity index (χ1) is 14.1. The molecule has 3 aromatic rings. The fourth-order valence-corrected chi connectivity index (χ4v) is 5.36. The Kier molecular flexibility index (Phi) is 4.97. The van der Waals surface area contributed by atoms with Gasteiger partial charge in [0.15, 0.2) is 5.65 Å². The Morgan fingerprint density at radius 1 is 1.17 bits per heavy atom. The largest absolute Gasteiger partial charge is 0.497 e. The molecule has 0 saturated carbocycles. The van der Waals surface area contributed by atoms with Crippen molar-refractivity contribution in [3.63, 3.8) is 0 Å². The predicted octanol–water partition coefficient (Wildman–Crippen LogP) is 3.59. The summed E-state index contributed by atoms with van der Waals surface area (Å²) in [6.07, 6.45) is -3.58. The van der Waals surface area contributed by atoms with E-state index in [1.54, 1.807) is 12.1 Å². The molecule has 0 unspecified atom stereocenters. The van der Waals surface area contributed by atoms with Gasteiger partial charge in [0.2, 0.25) is 10.0 Å². The number of hydrogen-bond acceptors (Lipinski definition) is 5. The van der Waals surface area contributed by atoms with Gasteiger partial charge in [-0.15, -0.1) is 0 Å². The highest BCUT2D eigenvalue weighted by Gasteiger charge is 2.39. The highest BCUT2D eigenvalue weighted by Crippen LogP contribution is 2.37. The molecule has 1 aliphatic heterocycles. The third-order valence-corrected chi connectivity index (χ3v) is 7.00. The quantitative estimate of drug-likeness (QED) is 0.620. The molecular weight excluding hydrogens is 421 g/mol. The van der Waals surface area contributed by atoms with Gasteiger partial charge in [0, 0.05) is 18.3 Å². The summed E-state index contributed by atoms with van der Waals surface area (Å²) in [7, 11) is -2.38. The lowest BCUT2D eigenvalue weighted by molar-refractivity contribution is -0.142. The van der Waals surface area contributed by atoms with Crippen LogP contribution in [0.3, 0.4) is 0 Å². The van der Waals surface area contributed by atoms with Crippen LogP contribution in [0.15, 0.2) is 41.3 Å². The van der Waals surface area contributed by atoms with Gasteiger partial charge < -0.3 is 4.74 Å². The molecule has 0 amide bonds. The molecule has 1 atom stereocenters. The van der Waals surface area contributed by atoms with E-state index in [0.29, 0.717) is 18.6 Å². The molecule has 30 heavy (non-hydrogen) atoms. The number of nitrogens with zero attached hydrogens (tertiary/aromatic N) is 4. The lowest BCUT2D eigenvalue weighted by Crippen LogP contribution is -2.31. The van der Waals surface area contributed by atoms with Crippen LogP contribution >= 0.6 is 0 Å². The van der Waals surface area contributed by atoms with E-state index in [1.165, 1.54) is 36.5 Å². The maximum absolute atomic E-state index is 13.4. The molecule has 0 radical (unpaired) electrons. The first-order valence-corrected chi connectivity index (χ1v) is 10.7. The van der Waals surface area contributed by atoms with E-state index in [0.717, 1.165) is 10.6 Å². The van der Waals surface area contributed by atoms with E-state index in [9.17, 15) is 21.6 Å². The third-order valence-electron chi connectivity index (χ3n) is 5.08. The number of hydrogen-bond donors (Lipinski definition) is 0. The fourth-order valence-electron chi connectivity index (χ4n) is 3.69. The fraction of sp³-hybridized carbons (Fsp3) is 0.368. The van der Waals surface area contributed by atoms with Crippen molar-refractivity contribution in [1.29, 1.82) is 0 Å². The van der Waals surface area contributed by atoms with E-state index in [2.05, 4.69) is 10.1 Å². The van der Waals surface area contributed by atoms with Crippen molar-refractivity contribution in [3.05, 3.63) is 53.5 Å². The average molecular weight is 440 g/mol. The zero-order chi connectivity index (χ0) is 21.7. The number of benzene rings is 1. The van der Waals surface area contributed by atoms with Gasteiger partial charge in [0.25, 0.3) is 0 Å². The number of sulfonamides is 1. The Hall–Kier alpha value is -2.66. The van der Waals surface area contributed by atoms with Crippen molar-refractivity contribution >= 4 is 15.7 Å². The summed E-state index contributed by atoms with van der Waals surface area (Å²) in [5.41, 5.74) is -0.464. The number of fused-ring (bicyclic) bond motifs is 1. The van der Waals surface area contributed by atoms with Gasteiger partial charge >= 0.3 is 6.18 Å². The molecule has 1 aliphatic rings. The van der Waals surface area contributed by atoms with E-state index in [-0.39, 0.29) is 28.5 Å². The predicted molar refractivity (Wildman–Crippen MR) is 102 cm³/mol. The summed E-state index contributed by atoms with van der Waals surface area (Å²) in [4.78, 5) is 4.21. The Balaban J connectivity index is 1.75. The van der Waals surface area contributed by atoms with Crippen LogP contribution in [-0.2, 0) is 16.2 Å². The van der Waals surface area contributed by atoms with Gasteiger partial charge in [0.05, 0.1) is 23.7 Å². The smallest absolute Gasteiger partial charge is 0.433 e. The highest BCUT2D eigenvalue weighted by molar-refractivity contribution is 7.89. The van der Waals surface area contributed by atoms with Crippen LogP contribution in [0.5, 0.6) is 5.75 Å². The molecule has 160 valence electrons. The topological polar surface area (TPSA) is 76.8 Å². The number of ether oxygens (including phenoxy) is 1. The van der Waals surface area contributed by atoms with E-state index >= 15 is 0 Å². The summed E-state index contributed by atoms with van der Waals surface area (Å²) < 4.78 is 73.7. The molecule has 1 saturated heterocycles. The van der Waals surface area contributed by atoms with Gasteiger partial charge in [-0.3, -0.25) is 0 Å². The van der Waals surface area contributed by atoms with Crippen LogP contribution < -0.4 is 4.74 Å². The number of methoxy groups -OCH3 is 1.